The molecule has 0 aliphatic carbocycles. The van der Waals surface area contributed by atoms with E-state index in [0.717, 1.165) is 4.47 Å². The molecule has 0 aromatic heterocycles. The maximum Gasteiger partial charge on any atom is 0.229 e. The first kappa shape index (κ1) is 12.7. The van der Waals surface area contributed by atoms with E-state index in [0.29, 0.717) is 11.3 Å². The molecule has 0 aliphatic heterocycles. The van der Waals surface area contributed by atoms with E-state index >= 15 is 0 Å². The van der Waals surface area contributed by atoms with Gasteiger partial charge in [0.1, 0.15) is 6.07 Å². The van der Waals surface area contributed by atoms with Crippen molar-refractivity contribution in [2.45, 2.75) is 20.8 Å². The van der Waals surface area contributed by atoms with Gasteiger partial charge >= 0.3 is 0 Å². The minimum atomic E-state index is -0.477. The van der Waals surface area contributed by atoms with Crippen LogP contribution in [0, 0.1) is 16.7 Å². The van der Waals surface area contributed by atoms with Crippen molar-refractivity contribution < 1.29 is 4.79 Å². The topological polar surface area (TPSA) is 52.9 Å². The Morgan fingerprint density at radius 1 is 1.44 bits per heavy atom. The van der Waals surface area contributed by atoms with E-state index in [2.05, 4.69) is 21.2 Å². The summed E-state index contributed by atoms with van der Waals surface area (Å²) in [4.78, 5) is 11.8. The molecule has 3 nitrogen and oxygen atoms in total. The monoisotopic (exact) mass is 280 g/mol. The number of amides is 1. The van der Waals surface area contributed by atoms with Crippen molar-refractivity contribution in [3.8, 4) is 6.07 Å². The van der Waals surface area contributed by atoms with Crippen LogP contribution in [-0.4, -0.2) is 5.91 Å². The summed E-state index contributed by atoms with van der Waals surface area (Å²) in [6, 6.07) is 7.21. The Kier molecular flexibility index (Phi) is 3.71. The fourth-order valence-corrected chi connectivity index (χ4v) is 1.39. The first-order chi connectivity index (χ1) is 7.34. The van der Waals surface area contributed by atoms with Crippen molar-refractivity contribution in [2.75, 3.05) is 5.32 Å². The number of nitriles is 1. The largest absolute Gasteiger partial charge is 0.324 e. The summed E-state index contributed by atoms with van der Waals surface area (Å²) in [5.41, 5.74) is 0.521. The van der Waals surface area contributed by atoms with Gasteiger partial charge in [-0.1, -0.05) is 36.7 Å². The summed E-state index contributed by atoms with van der Waals surface area (Å²) >= 11 is 3.31. The van der Waals surface area contributed by atoms with Crippen LogP contribution in [0.25, 0.3) is 0 Å². The highest BCUT2D eigenvalue weighted by Gasteiger charge is 2.22. The molecule has 1 rings (SSSR count). The predicted octanol–water partition coefficient (Wildman–Crippen LogP) is 3.31. The lowest BCUT2D eigenvalue weighted by molar-refractivity contribution is -0.123. The minimum absolute atomic E-state index is 0.109. The van der Waals surface area contributed by atoms with Crippen molar-refractivity contribution >= 4 is 27.5 Å². The number of carbonyl (C=O) groups excluding carboxylic acids is 1. The molecule has 0 saturated heterocycles. The quantitative estimate of drug-likeness (QED) is 0.858. The molecule has 84 valence electrons. The molecule has 0 fully saturated rings. The molecular weight excluding hydrogens is 268 g/mol. The normalized spacial score (nSPS) is 10.7. The molecule has 1 N–H and O–H groups in total. The molecule has 0 aliphatic rings. The summed E-state index contributed by atoms with van der Waals surface area (Å²) in [5, 5.41) is 11.7. The number of carbonyl (C=O) groups is 1. The number of halogens is 1. The van der Waals surface area contributed by atoms with Gasteiger partial charge in [0, 0.05) is 9.89 Å². The highest BCUT2D eigenvalue weighted by molar-refractivity contribution is 9.10. The van der Waals surface area contributed by atoms with Gasteiger partial charge in [0.25, 0.3) is 0 Å². The fourth-order valence-electron chi connectivity index (χ4n) is 1.03. The molecule has 16 heavy (non-hydrogen) atoms. The highest BCUT2D eigenvalue weighted by atomic mass is 79.9. The number of rotatable bonds is 1. The molecule has 0 unspecified atom stereocenters. The Morgan fingerprint density at radius 2 is 2.06 bits per heavy atom. The molecule has 1 aromatic carbocycles. The Balaban J connectivity index is 3.02. The van der Waals surface area contributed by atoms with Gasteiger partial charge in [-0.3, -0.25) is 4.79 Å². The zero-order chi connectivity index (χ0) is 12.3. The van der Waals surface area contributed by atoms with Crippen LogP contribution in [0.2, 0.25) is 0 Å². The van der Waals surface area contributed by atoms with E-state index in [9.17, 15) is 4.79 Å². The summed E-state index contributed by atoms with van der Waals surface area (Å²) in [6.07, 6.45) is 0. The minimum Gasteiger partial charge on any atom is -0.324 e. The van der Waals surface area contributed by atoms with Gasteiger partial charge in [0.2, 0.25) is 5.91 Å². The molecule has 0 heterocycles. The predicted molar refractivity (Wildman–Crippen MR) is 66.9 cm³/mol. The number of hydrogen-bond acceptors (Lipinski definition) is 2. The Hall–Kier alpha value is -1.34. The van der Waals surface area contributed by atoms with Crippen molar-refractivity contribution in [1.29, 1.82) is 5.26 Å². The van der Waals surface area contributed by atoms with Crippen molar-refractivity contribution in [1.82, 2.24) is 0 Å². The molecular formula is C12H13BrN2O. The van der Waals surface area contributed by atoms with E-state index in [1.54, 1.807) is 18.2 Å². The molecule has 1 amide bonds. The maximum atomic E-state index is 11.8. The van der Waals surface area contributed by atoms with E-state index in [1.165, 1.54) is 0 Å². The standard InChI is InChI=1S/C12H13BrN2O/c1-12(2,3)11(16)15-10-6-9(13)5-4-8(10)7-14/h4-6H,1-3H3,(H,15,16). The Morgan fingerprint density at radius 3 is 2.56 bits per heavy atom. The second kappa shape index (κ2) is 4.67. The average Bonchev–Trinajstić information content (AvgIpc) is 2.16. The molecule has 1 aromatic rings. The first-order valence-corrected chi connectivity index (χ1v) is 5.65. The van der Waals surface area contributed by atoms with E-state index in [1.807, 2.05) is 26.8 Å². The highest BCUT2D eigenvalue weighted by Crippen LogP contribution is 2.23. The third-order valence-corrected chi connectivity index (χ3v) is 2.52. The summed E-state index contributed by atoms with van der Waals surface area (Å²) in [6.45, 7) is 5.48. The van der Waals surface area contributed by atoms with E-state index in [-0.39, 0.29) is 5.91 Å². The number of nitrogens with one attached hydrogen (secondary N) is 1. The fraction of sp³-hybridized carbons (Fsp3) is 0.333. The van der Waals surface area contributed by atoms with Gasteiger partial charge in [0.15, 0.2) is 0 Å². The lowest BCUT2D eigenvalue weighted by atomic mass is 9.95. The lowest BCUT2D eigenvalue weighted by Crippen LogP contribution is -2.27. The zero-order valence-electron chi connectivity index (χ0n) is 9.47. The molecule has 0 radical (unpaired) electrons. The van der Waals surface area contributed by atoms with Gasteiger partial charge in [-0.25, -0.2) is 0 Å². The molecule has 0 saturated carbocycles. The number of anilines is 1. The maximum absolute atomic E-state index is 11.8. The molecule has 4 heteroatoms. The van der Waals surface area contributed by atoms with E-state index in [4.69, 9.17) is 5.26 Å². The number of nitrogens with zero attached hydrogens (tertiary/aromatic N) is 1. The number of benzene rings is 1. The van der Waals surface area contributed by atoms with Crippen LogP contribution >= 0.6 is 15.9 Å². The first-order valence-electron chi connectivity index (χ1n) is 4.85. The third kappa shape index (κ3) is 3.07. The third-order valence-electron chi connectivity index (χ3n) is 2.03. The Bertz CT molecular complexity index is 455. The van der Waals surface area contributed by atoms with Gasteiger partial charge in [-0.05, 0) is 18.2 Å². The van der Waals surface area contributed by atoms with Gasteiger partial charge in [-0.15, -0.1) is 0 Å². The second-order valence-electron chi connectivity index (χ2n) is 4.51. The SMILES string of the molecule is CC(C)(C)C(=O)Nc1cc(Br)ccc1C#N. The van der Waals surface area contributed by atoms with Crippen molar-refractivity contribution in [3.05, 3.63) is 28.2 Å². The van der Waals surface area contributed by atoms with Crippen LogP contribution in [0.1, 0.15) is 26.3 Å². The zero-order valence-corrected chi connectivity index (χ0v) is 11.1. The summed E-state index contributed by atoms with van der Waals surface area (Å²) < 4.78 is 0.829. The molecule has 0 bridgehead atoms. The van der Waals surface area contributed by atoms with Crippen LogP contribution in [0.3, 0.4) is 0 Å². The van der Waals surface area contributed by atoms with Crippen LogP contribution in [0.4, 0.5) is 5.69 Å². The van der Waals surface area contributed by atoms with E-state index < -0.39 is 5.41 Å². The lowest BCUT2D eigenvalue weighted by Gasteiger charge is -2.18. The Labute approximate surface area is 104 Å². The van der Waals surface area contributed by atoms with Crippen LogP contribution in [0.15, 0.2) is 22.7 Å². The van der Waals surface area contributed by atoms with Crippen LogP contribution in [-0.2, 0) is 4.79 Å². The van der Waals surface area contributed by atoms with Gasteiger partial charge in [0.05, 0.1) is 11.3 Å². The average molecular weight is 281 g/mol. The van der Waals surface area contributed by atoms with Crippen LogP contribution in [0.5, 0.6) is 0 Å². The number of hydrogen-bond donors (Lipinski definition) is 1. The molecule has 0 spiro atoms. The second-order valence-corrected chi connectivity index (χ2v) is 5.42. The van der Waals surface area contributed by atoms with Crippen LogP contribution < -0.4 is 5.32 Å². The van der Waals surface area contributed by atoms with Gasteiger partial charge < -0.3 is 5.32 Å². The molecule has 0 atom stereocenters. The smallest absolute Gasteiger partial charge is 0.229 e. The van der Waals surface area contributed by atoms with Gasteiger partial charge in [-0.2, -0.15) is 5.26 Å². The van der Waals surface area contributed by atoms with Crippen molar-refractivity contribution in [3.63, 3.8) is 0 Å². The summed E-state index contributed by atoms with van der Waals surface area (Å²) in [7, 11) is 0. The summed E-state index contributed by atoms with van der Waals surface area (Å²) in [5.74, 6) is -0.109. The van der Waals surface area contributed by atoms with Crippen molar-refractivity contribution in [2.24, 2.45) is 5.41 Å².